The highest BCUT2D eigenvalue weighted by Gasteiger charge is 2.22. The van der Waals surface area contributed by atoms with Gasteiger partial charge in [-0.3, -0.25) is 20.2 Å². The Bertz CT molecular complexity index is 445. The fraction of sp³-hybridized carbons (Fsp3) is 0.125. The van der Waals surface area contributed by atoms with E-state index in [-0.39, 0.29) is 0 Å². The van der Waals surface area contributed by atoms with Crippen LogP contribution in [0.5, 0.6) is 0 Å². The van der Waals surface area contributed by atoms with Crippen molar-refractivity contribution in [3.05, 3.63) is 34.1 Å². The number of carbonyl (C=O) groups is 2. The minimum absolute atomic E-state index is 0.406. The van der Waals surface area contributed by atoms with Crippen molar-refractivity contribution >= 4 is 17.6 Å². The molecule has 1 heterocycles. The quantitative estimate of drug-likeness (QED) is 0.544. The topological polar surface area (TPSA) is 114 Å². The van der Waals surface area contributed by atoms with Gasteiger partial charge in [-0.25, -0.2) is 9.78 Å². The summed E-state index contributed by atoms with van der Waals surface area (Å²) in [6.07, 6.45) is 1.23. The highest BCUT2D eigenvalue weighted by molar-refractivity contribution is 6.05. The predicted octanol–water partition coefficient (Wildman–Crippen LogP) is 0.0590. The van der Waals surface area contributed by atoms with Crippen molar-refractivity contribution in [2.75, 3.05) is 7.05 Å². The molecule has 84 valence electrons. The molecule has 8 nitrogen and oxygen atoms in total. The molecule has 0 fully saturated rings. The Morgan fingerprint density at radius 1 is 1.50 bits per heavy atom. The Hall–Kier alpha value is -2.51. The van der Waals surface area contributed by atoms with E-state index < -0.39 is 28.2 Å². The van der Waals surface area contributed by atoms with Crippen LogP contribution >= 0.6 is 0 Å². The zero-order valence-electron chi connectivity index (χ0n) is 8.26. The number of nitro groups is 1. The molecule has 3 amide bonds. The van der Waals surface area contributed by atoms with Crippen LogP contribution in [0, 0.1) is 10.1 Å². The van der Waals surface area contributed by atoms with Gasteiger partial charge in [-0.05, 0) is 6.07 Å². The third-order valence-electron chi connectivity index (χ3n) is 1.65. The van der Waals surface area contributed by atoms with Crippen molar-refractivity contribution in [2.24, 2.45) is 0 Å². The molecule has 1 rings (SSSR count). The molecule has 0 aliphatic carbocycles. The second-order valence-electron chi connectivity index (χ2n) is 2.66. The highest BCUT2D eigenvalue weighted by Crippen LogP contribution is 2.14. The molecule has 0 unspecified atom stereocenters. The zero-order valence-corrected chi connectivity index (χ0v) is 8.26. The average molecular weight is 224 g/mol. The molecule has 0 aromatic carbocycles. The van der Waals surface area contributed by atoms with E-state index in [1.54, 1.807) is 0 Å². The number of pyridine rings is 1. The molecule has 1 aromatic rings. The van der Waals surface area contributed by atoms with Crippen molar-refractivity contribution in [1.29, 1.82) is 0 Å². The summed E-state index contributed by atoms with van der Waals surface area (Å²) >= 11 is 0. The van der Waals surface area contributed by atoms with Crippen molar-refractivity contribution in [3.63, 3.8) is 0 Å². The maximum absolute atomic E-state index is 11.4. The lowest BCUT2D eigenvalue weighted by molar-refractivity contribution is -0.385. The number of hydrogen-bond donors (Lipinski definition) is 2. The monoisotopic (exact) mass is 224 g/mol. The van der Waals surface area contributed by atoms with Gasteiger partial charge >= 0.3 is 11.7 Å². The van der Waals surface area contributed by atoms with E-state index in [0.717, 1.165) is 6.07 Å². The van der Waals surface area contributed by atoms with Crippen molar-refractivity contribution in [3.8, 4) is 0 Å². The number of nitrogens with zero attached hydrogens (tertiary/aromatic N) is 2. The molecule has 0 saturated heterocycles. The third-order valence-corrected chi connectivity index (χ3v) is 1.65. The predicted molar refractivity (Wildman–Crippen MR) is 52.8 cm³/mol. The summed E-state index contributed by atoms with van der Waals surface area (Å²) in [5, 5.41) is 14.6. The molecule has 0 aliphatic heterocycles. The molecule has 0 bridgehead atoms. The van der Waals surface area contributed by atoms with Gasteiger partial charge in [0.1, 0.15) is 0 Å². The van der Waals surface area contributed by atoms with Crippen molar-refractivity contribution in [2.45, 2.75) is 0 Å². The van der Waals surface area contributed by atoms with Gasteiger partial charge in [-0.15, -0.1) is 0 Å². The molecule has 0 radical (unpaired) electrons. The summed E-state index contributed by atoms with van der Waals surface area (Å²) in [7, 11) is 1.31. The first kappa shape index (κ1) is 11.6. The van der Waals surface area contributed by atoms with E-state index >= 15 is 0 Å². The van der Waals surface area contributed by atoms with Gasteiger partial charge in [0.2, 0.25) is 5.69 Å². The molecule has 0 spiro atoms. The standard InChI is InChI=1S/C8H8N4O4/c1-9-8(14)11-7(13)6-5(12(15)16)3-2-4-10-6/h2-4H,1H3,(H2,9,11,13,14). The maximum Gasteiger partial charge on any atom is 0.321 e. The Morgan fingerprint density at radius 3 is 2.75 bits per heavy atom. The largest absolute Gasteiger partial charge is 0.341 e. The highest BCUT2D eigenvalue weighted by atomic mass is 16.6. The van der Waals surface area contributed by atoms with E-state index in [1.807, 2.05) is 5.32 Å². The van der Waals surface area contributed by atoms with Crippen molar-refractivity contribution in [1.82, 2.24) is 15.6 Å². The van der Waals surface area contributed by atoms with Gasteiger partial charge in [0.25, 0.3) is 5.91 Å². The van der Waals surface area contributed by atoms with Crippen LogP contribution in [-0.4, -0.2) is 28.9 Å². The molecule has 1 aromatic heterocycles. The minimum atomic E-state index is -0.924. The molecule has 0 aliphatic rings. The van der Waals surface area contributed by atoms with E-state index in [9.17, 15) is 19.7 Å². The summed E-state index contributed by atoms with van der Waals surface area (Å²) in [5.74, 6) is -0.924. The van der Waals surface area contributed by atoms with Crippen LogP contribution in [0.4, 0.5) is 10.5 Å². The van der Waals surface area contributed by atoms with Crippen LogP contribution in [0.3, 0.4) is 0 Å². The lowest BCUT2D eigenvalue weighted by atomic mass is 10.3. The Labute approximate surface area is 89.8 Å². The summed E-state index contributed by atoms with van der Waals surface area (Å²) in [5.41, 5.74) is -0.861. The van der Waals surface area contributed by atoms with Crippen LogP contribution in [0.1, 0.15) is 10.5 Å². The smallest absolute Gasteiger partial charge is 0.321 e. The fourth-order valence-corrected chi connectivity index (χ4v) is 0.944. The zero-order chi connectivity index (χ0) is 12.1. The number of urea groups is 1. The summed E-state index contributed by atoms with van der Waals surface area (Å²) in [6.45, 7) is 0. The molecule has 0 saturated carbocycles. The molecular formula is C8H8N4O4. The van der Waals surface area contributed by atoms with Gasteiger partial charge in [0.15, 0.2) is 0 Å². The number of amides is 3. The summed E-state index contributed by atoms with van der Waals surface area (Å²) < 4.78 is 0. The van der Waals surface area contributed by atoms with Gasteiger partial charge < -0.3 is 5.32 Å². The maximum atomic E-state index is 11.4. The summed E-state index contributed by atoms with van der Waals surface area (Å²) in [6, 6.07) is 1.70. The first-order chi connectivity index (χ1) is 7.56. The Kier molecular flexibility index (Phi) is 3.49. The number of nitrogens with one attached hydrogen (secondary N) is 2. The Balaban J connectivity index is 2.99. The number of aromatic nitrogens is 1. The van der Waals surface area contributed by atoms with E-state index in [2.05, 4.69) is 10.3 Å². The number of carbonyl (C=O) groups excluding carboxylic acids is 2. The average Bonchev–Trinajstić information content (AvgIpc) is 2.28. The third kappa shape index (κ3) is 2.50. The minimum Gasteiger partial charge on any atom is -0.341 e. The summed E-state index contributed by atoms with van der Waals surface area (Å²) in [4.78, 5) is 35.6. The molecule has 2 N–H and O–H groups in total. The van der Waals surface area contributed by atoms with Gasteiger partial charge in [-0.1, -0.05) is 0 Å². The van der Waals surface area contributed by atoms with Crippen LogP contribution in [-0.2, 0) is 0 Å². The fourth-order valence-electron chi connectivity index (χ4n) is 0.944. The van der Waals surface area contributed by atoms with Crippen molar-refractivity contribution < 1.29 is 14.5 Å². The van der Waals surface area contributed by atoms with Gasteiger partial charge in [-0.2, -0.15) is 0 Å². The second-order valence-corrected chi connectivity index (χ2v) is 2.66. The Morgan fingerprint density at radius 2 is 2.19 bits per heavy atom. The van der Waals surface area contributed by atoms with Crippen LogP contribution in [0.2, 0.25) is 0 Å². The lowest BCUT2D eigenvalue weighted by Gasteiger charge is -2.02. The molecule has 16 heavy (non-hydrogen) atoms. The van der Waals surface area contributed by atoms with E-state index in [0.29, 0.717) is 0 Å². The SMILES string of the molecule is CNC(=O)NC(=O)c1ncccc1[N+](=O)[O-]. The van der Waals surface area contributed by atoms with E-state index in [1.165, 1.54) is 19.3 Å². The van der Waals surface area contributed by atoms with E-state index in [4.69, 9.17) is 0 Å². The molecule has 8 heteroatoms. The van der Waals surface area contributed by atoms with Crippen LogP contribution in [0.25, 0.3) is 0 Å². The van der Waals surface area contributed by atoms with Gasteiger partial charge in [0, 0.05) is 19.3 Å². The van der Waals surface area contributed by atoms with Crippen LogP contribution < -0.4 is 10.6 Å². The number of imide groups is 1. The second kappa shape index (κ2) is 4.82. The van der Waals surface area contributed by atoms with Crippen LogP contribution in [0.15, 0.2) is 18.3 Å². The normalized spacial score (nSPS) is 9.31. The molecular weight excluding hydrogens is 216 g/mol. The number of hydrogen-bond acceptors (Lipinski definition) is 5. The first-order valence-corrected chi connectivity index (χ1v) is 4.18. The number of rotatable bonds is 2. The lowest BCUT2D eigenvalue weighted by Crippen LogP contribution is -2.38. The first-order valence-electron chi connectivity index (χ1n) is 4.18. The van der Waals surface area contributed by atoms with Gasteiger partial charge in [0.05, 0.1) is 4.92 Å². The molecule has 0 atom stereocenters.